The number of rotatable bonds is 1. The SMILES string of the molecule is CC1=C2CCC(O)CC2(CO)CCC1O. The van der Waals surface area contributed by atoms with Gasteiger partial charge in [-0.3, -0.25) is 0 Å². The summed E-state index contributed by atoms with van der Waals surface area (Å²) in [6.45, 7) is 2.06. The minimum atomic E-state index is -0.338. The Morgan fingerprint density at radius 1 is 1.33 bits per heavy atom. The van der Waals surface area contributed by atoms with Crippen LogP contribution < -0.4 is 0 Å². The van der Waals surface area contributed by atoms with E-state index in [1.807, 2.05) is 6.92 Å². The Hall–Kier alpha value is -0.380. The van der Waals surface area contributed by atoms with Crippen molar-refractivity contribution in [3.05, 3.63) is 11.1 Å². The summed E-state index contributed by atoms with van der Waals surface area (Å²) in [6, 6.07) is 0. The molecule has 0 radical (unpaired) electrons. The van der Waals surface area contributed by atoms with Gasteiger partial charge in [-0.15, -0.1) is 0 Å². The van der Waals surface area contributed by atoms with Gasteiger partial charge in [0.25, 0.3) is 0 Å². The smallest absolute Gasteiger partial charge is 0.0750 e. The molecule has 15 heavy (non-hydrogen) atoms. The molecule has 0 aromatic rings. The van der Waals surface area contributed by atoms with Crippen molar-refractivity contribution in [3.8, 4) is 0 Å². The Balaban J connectivity index is 2.36. The molecule has 2 rings (SSSR count). The summed E-state index contributed by atoms with van der Waals surface area (Å²) in [7, 11) is 0. The van der Waals surface area contributed by atoms with E-state index in [2.05, 4.69) is 0 Å². The van der Waals surface area contributed by atoms with Crippen molar-refractivity contribution in [1.29, 1.82) is 0 Å². The molecule has 86 valence electrons. The molecule has 1 saturated carbocycles. The van der Waals surface area contributed by atoms with Crippen molar-refractivity contribution in [3.63, 3.8) is 0 Å². The largest absolute Gasteiger partial charge is 0.395 e. The molecule has 3 heteroatoms. The van der Waals surface area contributed by atoms with Crippen LogP contribution >= 0.6 is 0 Å². The van der Waals surface area contributed by atoms with Gasteiger partial charge >= 0.3 is 0 Å². The maximum atomic E-state index is 9.79. The Morgan fingerprint density at radius 2 is 2.07 bits per heavy atom. The maximum absolute atomic E-state index is 9.79. The number of aliphatic hydroxyl groups is 3. The standard InChI is InChI=1S/C12H20O3/c1-8-10-3-2-9(14)6-12(10,7-13)5-4-11(8)15/h9,11,13-15H,2-7H2,1H3. The van der Waals surface area contributed by atoms with Crippen molar-refractivity contribution in [2.75, 3.05) is 6.61 Å². The summed E-state index contributed by atoms with van der Waals surface area (Å²) in [4.78, 5) is 0. The lowest BCUT2D eigenvalue weighted by molar-refractivity contribution is 0.0195. The van der Waals surface area contributed by atoms with E-state index in [1.54, 1.807) is 0 Å². The van der Waals surface area contributed by atoms with Gasteiger partial charge in [-0.25, -0.2) is 0 Å². The van der Waals surface area contributed by atoms with Crippen LogP contribution in [0.25, 0.3) is 0 Å². The third kappa shape index (κ3) is 1.73. The predicted molar refractivity (Wildman–Crippen MR) is 57.3 cm³/mol. The normalized spacial score (nSPS) is 41.6. The molecule has 3 atom stereocenters. The van der Waals surface area contributed by atoms with Crippen LogP contribution in [-0.4, -0.2) is 34.1 Å². The summed E-state index contributed by atoms with van der Waals surface area (Å²) in [5.74, 6) is 0. The molecule has 3 N–H and O–H groups in total. The van der Waals surface area contributed by atoms with E-state index in [4.69, 9.17) is 0 Å². The summed E-state index contributed by atoms with van der Waals surface area (Å²) < 4.78 is 0. The van der Waals surface area contributed by atoms with Crippen molar-refractivity contribution in [1.82, 2.24) is 0 Å². The van der Waals surface area contributed by atoms with Crippen molar-refractivity contribution >= 4 is 0 Å². The van der Waals surface area contributed by atoms with Gasteiger partial charge < -0.3 is 15.3 Å². The lowest BCUT2D eigenvalue weighted by Crippen LogP contribution is -2.41. The zero-order chi connectivity index (χ0) is 11.1. The van der Waals surface area contributed by atoms with Crippen LogP contribution in [0.3, 0.4) is 0 Å². The van der Waals surface area contributed by atoms with Crippen LogP contribution in [0.2, 0.25) is 0 Å². The second-order valence-corrected chi connectivity index (χ2v) is 5.05. The highest BCUT2D eigenvalue weighted by Gasteiger charge is 2.43. The second kappa shape index (κ2) is 3.89. The fourth-order valence-corrected chi connectivity index (χ4v) is 3.19. The van der Waals surface area contributed by atoms with E-state index >= 15 is 0 Å². The number of aliphatic hydroxyl groups excluding tert-OH is 3. The molecule has 1 fully saturated rings. The molecule has 0 aliphatic heterocycles. The van der Waals surface area contributed by atoms with Crippen LogP contribution in [0.5, 0.6) is 0 Å². The first-order valence-electron chi connectivity index (χ1n) is 5.76. The molecule has 0 aromatic carbocycles. The summed E-state index contributed by atoms with van der Waals surface area (Å²) in [6.07, 6.45) is 3.13. The zero-order valence-corrected chi connectivity index (χ0v) is 9.24. The minimum Gasteiger partial charge on any atom is -0.395 e. The Kier molecular flexibility index (Phi) is 2.88. The molecule has 2 aliphatic carbocycles. The zero-order valence-electron chi connectivity index (χ0n) is 9.24. The Bertz CT molecular complexity index is 285. The van der Waals surface area contributed by atoms with E-state index in [0.29, 0.717) is 12.8 Å². The third-order valence-electron chi connectivity index (χ3n) is 4.17. The van der Waals surface area contributed by atoms with Crippen molar-refractivity contribution < 1.29 is 15.3 Å². The lowest BCUT2D eigenvalue weighted by atomic mass is 9.62. The van der Waals surface area contributed by atoms with Gasteiger partial charge in [0.05, 0.1) is 18.8 Å². The van der Waals surface area contributed by atoms with Crippen LogP contribution in [0.1, 0.15) is 39.0 Å². The first-order valence-corrected chi connectivity index (χ1v) is 5.76. The lowest BCUT2D eigenvalue weighted by Gasteiger charge is -2.45. The highest BCUT2D eigenvalue weighted by Crippen LogP contribution is 2.49. The van der Waals surface area contributed by atoms with Gasteiger partial charge in [-0.05, 0) is 44.6 Å². The monoisotopic (exact) mass is 212 g/mol. The van der Waals surface area contributed by atoms with E-state index < -0.39 is 0 Å². The Labute approximate surface area is 90.4 Å². The van der Waals surface area contributed by atoms with Gasteiger partial charge in [0.1, 0.15) is 0 Å². The van der Waals surface area contributed by atoms with E-state index in [9.17, 15) is 15.3 Å². The van der Waals surface area contributed by atoms with Gasteiger partial charge in [0, 0.05) is 5.41 Å². The first kappa shape index (κ1) is 11.1. The number of hydrogen-bond donors (Lipinski definition) is 3. The number of fused-ring (bicyclic) bond motifs is 1. The quantitative estimate of drug-likeness (QED) is 0.568. The topological polar surface area (TPSA) is 60.7 Å². The fourth-order valence-electron chi connectivity index (χ4n) is 3.19. The number of hydrogen-bond acceptors (Lipinski definition) is 3. The molecule has 0 saturated heterocycles. The molecule has 0 amide bonds. The minimum absolute atomic E-state index is 0.101. The van der Waals surface area contributed by atoms with Crippen molar-refractivity contribution in [2.45, 2.75) is 51.2 Å². The average Bonchev–Trinajstić information content (AvgIpc) is 2.24. The van der Waals surface area contributed by atoms with E-state index in [1.165, 1.54) is 5.57 Å². The predicted octanol–water partition coefficient (Wildman–Crippen LogP) is 0.981. The summed E-state index contributed by atoms with van der Waals surface area (Å²) in [5.41, 5.74) is 2.00. The molecular formula is C12H20O3. The van der Waals surface area contributed by atoms with Gasteiger partial charge in [-0.1, -0.05) is 5.57 Å². The van der Waals surface area contributed by atoms with E-state index in [0.717, 1.165) is 24.8 Å². The first-order chi connectivity index (χ1) is 7.09. The second-order valence-electron chi connectivity index (χ2n) is 5.05. The molecule has 0 spiro atoms. The highest BCUT2D eigenvalue weighted by atomic mass is 16.3. The summed E-state index contributed by atoms with van der Waals surface area (Å²) in [5, 5.41) is 29.1. The van der Waals surface area contributed by atoms with Crippen molar-refractivity contribution in [2.24, 2.45) is 5.41 Å². The molecule has 2 aliphatic rings. The Morgan fingerprint density at radius 3 is 2.73 bits per heavy atom. The van der Waals surface area contributed by atoms with Gasteiger partial charge in [-0.2, -0.15) is 0 Å². The molecule has 0 aromatic heterocycles. The third-order valence-corrected chi connectivity index (χ3v) is 4.17. The van der Waals surface area contributed by atoms with Gasteiger partial charge in [0.2, 0.25) is 0 Å². The highest BCUT2D eigenvalue weighted by molar-refractivity contribution is 5.29. The molecule has 3 nitrogen and oxygen atoms in total. The van der Waals surface area contributed by atoms with Crippen LogP contribution in [0.4, 0.5) is 0 Å². The molecular weight excluding hydrogens is 192 g/mol. The van der Waals surface area contributed by atoms with E-state index in [-0.39, 0.29) is 24.2 Å². The summed E-state index contributed by atoms with van der Waals surface area (Å²) >= 11 is 0. The molecule has 0 bridgehead atoms. The molecule has 0 heterocycles. The van der Waals surface area contributed by atoms with Crippen LogP contribution in [0.15, 0.2) is 11.1 Å². The fraction of sp³-hybridized carbons (Fsp3) is 0.833. The van der Waals surface area contributed by atoms with Crippen LogP contribution in [0, 0.1) is 5.41 Å². The average molecular weight is 212 g/mol. The van der Waals surface area contributed by atoms with Gasteiger partial charge in [0.15, 0.2) is 0 Å². The maximum Gasteiger partial charge on any atom is 0.0750 e. The molecule has 3 unspecified atom stereocenters. The van der Waals surface area contributed by atoms with Crippen LogP contribution in [-0.2, 0) is 0 Å².